The van der Waals surface area contributed by atoms with Crippen molar-refractivity contribution < 1.29 is 4.79 Å². The van der Waals surface area contributed by atoms with E-state index in [1.807, 2.05) is 73.0 Å². The first kappa shape index (κ1) is 23.2. The number of para-hydroxylation sites is 1. The fourth-order valence-corrected chi connectivity index (χ4v) is 5.98. The summed E-state index contributed by atoms with van der Waals surface area (Å²) in [5.41, 5.74) is 3.72. The quantitative estimate of drug-likeness (QED) is 0.417. The lowest BCUT2D eigenvalue weighted by Gasteiger charge is -2.25. The number of anilines is 1. The smallest absolute Gasteiger partial charge is 0.271 e. The lowest BCUT2D eigenvalue weighted by Crippen LogP contribution is -2.40. The standard InChI is InChI=1S/C28H25N3O2S2/c1-17(2)19-11-13-20(14-12-19)25-24(26(32)30-21-8-5-4-6-9-21)18(3)29-28-31(25)27(33)23(35-28)16-22-10-7-15-34-22/h4-17,25H,1-3H3,(H,30,32)/b23-16-. The molecule has 176 valence electrons. The van der Waals surface area contributed by atoms with Gasteiger partial charge in [0.15, 0.2) is 4.80 Å². The van der Waals surface area contributed by atoms with E-state index < -0.39 is 6.04 Å². The highest BCUT2D eigenvalue weighted by atomic mass is 32.1. The fraction of sp³-hybridized carbons (Fsp3) is 0.179. The van der Waals surface area contributed by atoms with E-state index >= 15 is 0 Å². The summed E-state index contributed by atoms with van der Waals surface area (Å²) in [6.45, 7) is 6.13. The van der Waals surface area contributed by atoms with Crippen LogP contribution in [-0.2, 0) is 4.79 Å². The number of fused-ring (bicyclic) bond motifs is 1. The van der Waals surface area contributed by atoms with Crippen molar-refractivity contribution in [3.8, 4) is 0 Å². The van der Waals surface area contributed by atoms with Gasteiger partial charge in [-0.15, -0.1) is 11.3 Å². The normalized spacial score (nSPS) is 15.8. The molecule has 2 aromatic carbocycles. The van der Waals surface area contributed by atoms with Gasteiger partial charge in [-0.05, 0) is 53.6 Å². The Morgan fingerprint density at radius 1 is 1.06 bits per heavy atom. The summed E-state index contributed by atoms with van der Waals surface area (Å²) in [4.78, 5) is 33.6. The molecule has 5 rings (SSSR count). The lowest BCUT2D eigenvalue weighted by atomic mass is 9.93. The van der Waals surface area contributed by atoms with Gasteiger partial charge in [-0.2, -0.15) is 0 Å². The minimum Gasteiger partial charge on any atom is -0.322 e. The summed E-state index contributed by atoms with van der Waals surface area (Å²) in [7, 11) is 0. The first-order chi connectivity index (χ1) is 16.9. The van der Waals surface area contributed by atoms with Crippen LogP contribution in [0.4, 0.5) is 5.69 Å². The second kappa shape index (κ2) is 9.60. The Balaban J connectivity index is 1.67. The molecule has 1 amide bonds. The van der Waals surface area contributed by atoms with Gasteiger partial charge in [0, 0.05) is 10.6 Å². The molecule has 0 spiro atoms. The number of amides is 1. The van der Waals surface area contributed by atoms with Crippen molar-refractivity contribution in [3.05, 3.63) is 119 Å². The third kappa shape index (κ3) is 4.57. The Labute approximate surface area is 211 Å². The van der Waals surface area contributed by atoms with Crippen molar-refractivity contribution >= 4 is 40.3 Å². The number of hydrogen-bond acceptors (Lipinski definition) is 5. The largest absolute Gasteiger partial charge is 0.322 e. The Morgan fingerprint density at radius 3 is 2.46 bits per heavy atom. The predicted molar refractivity (Wildman–Crippen MR) is 144 cm³/mol. The maximum Gasteiger partial charge on any atom is 0.271 e. The van der Waals surface area contributed by atoms with Crippen molar-refractivity contribution in [1.29, 1.82) is 0 Å². The molecule has 3 heterocycles. The number of thiophene rings is 1. The first-order valence-electron chi connectivity index (χ1n) is 11.4. The molecular formula is C28H25N3O2S2. The lowest BCUT2D eigenvalue weighted by molar-refractivity contribution is -0.113. The fourth-order valence-electron chi connectivity index (χ4n) is 4.21. The second-order valence-corrected chi connectivity index (χ2v) is 10.7. The molecule has 0 saturated heterocycles. The highest BCUT2D eigenvalue weighted by Crippen LogP contribution is 2.31. The zero-order valence-corrected chi connectivity index (χ0v) is 21.3. The van der Waals surface area contributed by atoms with Crippen molar-refractivity contribution in [2.45, 2.75) is 32.7 Å². The molecule has 0 saturated carbocycles. The first-order valence-corrected chi connectivity index (χ1v) is 13.1. The molecule has 2 aromatic heterocycles. The molecule has 1 unspecified atom stereocenters. The van der Waals surface area contributed by atoms with Gasteiger partial charge >= 0.3 is 0 Å². The van der Waals surface area contributed by atoms with Gasteiger partial charge in [0.25, 0.3) is 11.5 Å². The number of nitrogens with one attached hydrogen (secondary N) is 1. The van der Waals surface area contributed by atoms with Crippen molar-refractivity contribution in [1.82, 2.24) is 4.57 Å². The van der Waals surface area contributed by atoms with E-state index in [9.17, 15) is 9.59 Å². The van der Waals surface area contributed by atoms with Gasteiger partial charge in [0.1, 0.15) is 0 Å². The summed E-state index contributed by atoms with van der Waals surface area (Å²) >= 11 is 2.94. The van der Waals surface area contributed by atoms with Crippen LogP contribution in [0.2, 0.25) is 0 Å². The van der Waals surface area contributed by atoms with Gasteiger partial charge in [-0.1, -0.05) is 73.7 Å². The van der Waals surface area contributed by atoms with Crippen LogP contribution in [0.3, 0.4) is 0 Å². The minimum atomic E-state index is -0.568. The molecule has 1 N–H and O–H groups in total. The molecule has 35 heavy (non-hydrogen) atoms. The maximum atomic E-state index is 13.7. The van der Waals surface area contributed by atoms with Gasteiger partial charge in [-0.3, -0.25) is 14.2 Å². The average Bonchev–Trinajstić information content (AvgIpc) is 3.47. The summed E-state index contributed by atoms with van der Waals surface area (Å²) in [5.74, 6) is 0.123. The molecule has 0 bridgehead atoms. The Hall–Kier alpha value is -3.55. The van der Waals surface area contributed by atoms with E-state index in [4.69, 9.17) is 4.99 Å². The van der Waals surface area contributed by atoms with E-state index in [1.165, 1.54) is 16.9 Å². The second-order valence-electron chi connectivity index (χ2n) is 8.74. The highest BCUT2D eigenvalue weighted by Gasteiger charge is 2.32. The van der Waals surface area contributed by atoms with E-state index in [-0.39, 0.29) is 11.5 Å². The number of carbonyl (C=O) groups is 1. The number of rotatable bonds is 5. The van der Waals surface area contributed by atoms with Crippen molar-refractivity contribution in [2.24, 2.45) is 4.99 Å². The van der Waals surface area contributed by atoms with E-state index in [0.717, 1.165) is 10.4 Å². The Kier molecular flexibility index (Phi) is 6.36. The zero-order chi connectivity index (χ0) is 24.5. The molecule has 1 aliphatic rings. The maximum absolute atomic E-state index is 13.7. The molecule has 4 aromatic rings. The SMILES string of the molecule is CC1=C(C(=O)Nc2ccccc2)C(c2ccc(C(C)C)cc2)n2c(s/c(=C\c3cccs3)c2=O)=N1. The van der Waals surface area contributed by atoms with Crippen molar-refractivity contribution in [3.63, 3.8) is 0 Å². The van der Waals surface area contributed by atoms with Gasteiger partial charge < -0.3 is 5.32 Å². The number of benzene rings is 2. The van der Waals surface area contributed by atoms with Crippen LogP contribution in [-0.4, -0.2) is 10.5 Å². The molecule has 0 aliphatic carbocycles. The third-order valence-electron chi connectivity index (χ3n) is 6.03. The number of hydrogen-bond donors (Lipinski definition) is 1. The van der Waals surface area contributed by atoms with Gasteiger partial charge in [0.2, 0.25) is 0 Å². The van der Waals surface area contributed by atoms with Crippen molar-refractivity contribution in [2.75, 3.05) is 5.32 Å². The highest BCUT2D eigenvalue weighted by molar-refractivity contribution is 7.11. The molecule has 5 nitrogen and oxygen atoms in total. The molecular weight excluding hydrogens is 474 g/mol. The topological polar surface area (TPSA) is 63.5 Å². The van der Waals surface area contributed by atoms with Crippen LogP contribution in [0, 0.1) is 0 Å². The van der Waals surface area contributed by atoms with Crippen LogP contribution in [0.15, 0.2) is 93.2 Å². The van der Waals surface area contributed by atoms with Crippen LogP contribution in [0.1, 0.15) is 48.7 Å². The Morgan fingerprint density at radius 2 is 1.80 bits per heavy atom. The van der Waals surface area contributed by atoms with Crippen LogP contribution < -0.4 is 20.2 Å². The summed E-state index contributed by atoms with van der Waals surface area (Å²) in [5, 5.41) is 4.97. The number of carbonyl (C=O) groups excluding carboxylic acids is 1. The number of allylic oxidation sites excluding steroid dienone is 1. The molecule has 0 radical (unpaired) electrons. The summed E-state index contributed by atoms with van der Waals surface area (Å²) < 4.78 is 2.27. The molecule has 7 heteroatoms. The van der Waals surface area contributed by atoms with Gasteiger partial charge in [0.05, 0.1) is 21.8 Å². The Bertz CT molecular complexity index is 1580. The number of thiazole rings is 1. The van der Waals surface area contributed by atoms with E-state index in [0.29, 0.717) is 32.2 Å². The monoisotopic (exact) mass is 499 g/mol. The molecule has 1 aliphatic heterocycles. The third-order valence-corrected chi connectivity index (χ3v) is 7.84. The van der Waals surface area contributed by atoms with Crippen LogP contribution >= 0.6 is 22.7 Å². The van der Waals surface area contributed by atoms with Crippen LogP contribution in [0.5, 0.6) is 0 Å². The number of nitrogens with zero attached hydrogens (tertiary/aromatic N) is 2. The zero-order valence-electron chi connectivity index (χ0n) is 19.7. The van der Waals surface area contributed by atoms with Crippen LogP contribution in [0.25, 0.3) is 6.08 Å². The van der Waals surface area contributed by atoms with E-state index in [2.05, 4.69) is 31.3 Å². The summed E-state index contributed by atoms with van der Waals surface area (Å²) in [6, 6.07) is 20.9. The molecule has 1 atom stereocenters. The van der Waals surface area contributed by atoms with Gasteiger partial charge in [-0.25, -0.2) is 4.99 Å². The molecule has 0 fully saturated rings. The predicted octanol–water partition coefficient (Wildman–Crippen LogP) is 5.06. The average molecular weight is 500 g/mol. The number of aromatic nitrogens is 1. The minimum absolute atomic E-state index is 0.141. The summed E-state index contributed by atoms with van der Waals surface area (Å²) in [6.07, 6.45) is 1.90. The van der Waals surface area contributed by atoms with E-state index in [1.54, 1.807) is 15.9 Å².